The van der Waals surface area contributed by atoms with Crippen molar-refractivity contribution in [2.45, 2.75) is 27.2 Å². The van der Waals surface area contributed by atoms with Gasteiger partial charge in [0.05, 0.1) is 5.69 Å². The number of ketones is 1. The Bertz CT molecular complexity index is 309. The van der Waals surface area contributed by atoms with Gasteiger partial charge in [-0.2, -0.15) is 0 Å². The highest BCUT2D eigenvalue weighted by Crippen LogP contribution is 2.01. The van der Waals surface area contributed by atoms with Gasteiger partial charge in [-0.1, -0.05) is 6.92 Å². The number of carbonyl (C=O) groups excluding carboxylic acids is 1. The van der Waals surface area contributed by atoms with Crippen LogP contribution in [0, 0.1) is 6.92 Å². The molecule has 1 heterocycles. The molecule has 1 aromatic rings. The van der Waals surface area contributed by atoms with E-state index in [1.54, 1.807) is 6.92 Å². The van der Waals surface area contributed by atoms with Crippen molar-refractivity contribution in [3.8, 4) is 0 Å². The number of hydrogen-bond donors (Lipinski definition) is 0. The molecule has 0 aliphatic carbocycles. The number of aromatic nitrogens is 3. The molecule has 0 bridgehead atoms. The molecule has 64 valence electrons. The fourth-order valence-corrected chi connectivity index (χ4v) is 0.924. The molecule has 0 amide bonds. The van der Waals surface area contributed by atoms with Crippen molar-refractivity contribution in [1.29, 1.82) is 0 Å². The fourth-order valence-electron chi connectivity index (χ4n) is 0.924. The van der Waals surface area contributed by atoms with Gasteiger partial charge in [0.25, 0.3) is 0 Å². The van der Waals surface area contributed by atoms with Crippen molar-refractivity contribution in [3.05, 3.63) is 17.2 Å². The first-order valence-corrected chi connectivity index (χ1v) is 3.86. The van der Waals surface area contributed by atoms with Crippen LogP contribution in [0.3, 0.4) is 0 Å². The molecular weight excluding hydrogens is 154 g/mol. The molecule has 0 saturated carbocycles. The van der Waals surface area contributed by atoms with Crippen molar-refractivity contribution in [3.63, 3.8) is 0 Å². The SMILES string of the molecule is CCc1nnc(C(C)=O)c(C)n1. The topological polar surface area (TPSA) is 55.7 Å². The van der Waals surface area contributed by atoms with Crippen molar-refractivity contribution < 1.29 is 4.79 Å². The van der Waals surface area contributed by atoms with Crippen molar-refractivity contribution >= 4 is 5.78 Å². The van der Waals surface area contributed by atoms with Crippen LogP contribution in [0.5, 0.6) is 0 Å². The molecule has 0 spiro atoms. The predicted octanol–water partition coefficient (Wildman–Crippen LogP) is 0.945. The number of Topliss-reactive ketones (excluding diaryl/α,β-unsaturated/α-hetero) is 1. The molecule has 0 unspecified atom stereocenters. The first-order chi connectivity index (χ1) is 5.65. The van der Waals surface area contributed by atoms with Gasteiger partial charge in [0.15, 0.2) is 11.6 Å². The summed E-state index contributed by atoms with van der Waals surface area (Å²) in [5.41, 5.74) is 1.03. The van der Waals surface area contributed by atoms with Gasteiger partial charge in [0, 0.05) is 13.3 Å². The van der Waals surface area contributed by atoms with Crippen molar-refractivity contribution in [1.82, 2.24) is 15.2 Å². The van der Waals surface area contributed by atoms with E-state index >= 15 is 0 Å². The van der Waals surface area contributed by atoms with Crippen LogP contribution in [-0.2, 0) is 6.42 Å². The third-order valence-corrected chi connectivity index (χ3v) is 1.55. The normalized spacial score (nSPS) is 9.92. The zero-order valence-corrected chi connectivity index (χ0v) is 7.46. The van der Waals surface area contributed by atoms with E-state index in [1.807, 2.05) is 6.92 Å². The maximum Gasteiger partial charge on any atom is 0.181 e. The van der Waals surface area contributed by atoms with Crippen LogP contribution >= 0.6 is 0 Å². The molecule has 0 saturated heterocycles. The van der Waals surface area contributed by atoms with Crippen LogP contribution in [0.25, 0.3) is 0 Å². The Morgan fingerprint density at radius 2 is 2.08 bits per heavy atom. The lowest BCUT2D eigenvalue weighted by atomic mass is 10.2. The summed E-state index contributed by atoms with van der Waals surface area (Å²) in [4.78, 5) is 15.0. The molecule has 4 heteroatoms. The molecule has 0 N–H and O–H groups in total. The third-order valence-electron chi connectivity index (χ3n) is 1.55. The van der Waals surface area contributed by atoms with Gasteiger partial charge in [-0.05, 0) is 6.92 Å². The van der Waals surface area contributed by atoms with Gasteiger partial charge in [0.2, 0.25) is 0 Å². The molecular formula is C8H11N3O. The lowest BCUT2D eigenvalue weighted by Gasteiger charge is -1.99. The van der Waals surface area contributed by atoms with E-state index < -0.39 is 0 Å². The van der Waals surface area contributed by atoms with Crippen LogP contribution in [-0.4, -0.2) is 21.0 Å². The quantitative estimate of drug-likeness (QED) is 0.612. The average Bonchev–Trinajstić information content (AvgIpc) is 2.03. The molecule has 0 aliphatic heterocycles. The van der Waals surface area contributed by atoms with E-state index in [4.69, 9.17) is 0 Å². The molecule has 12 heavy (non-hydrogen) atoms. The van der Waals surface area contributed by atoms with E-state index in [-0.39, 0.29) is 5.78 Å². The number of nitrogens with zero attached hydrogens (tertiary/aromatic N) is 3. The molecule has 0 radical (unpaired) electrons. The summed E-state index contributed by atoms with van der Waals surface area (Å²) in [6.07, 6.45) is 0.742. The molecule has 1 aromatic heterocycles. The highest BCUT2D eigenvalue weighted by atomic mass is 16.1. The summed E-state index contributed by atoms with van der Waals surface area (Å²) in [5.74, 6) is 0.590. The molecule has 4 nitrogen and oxygen atoms in total. The Morgan fingerprint density at radius 1 is 1.42 bits per heavy atom. The van der Waals surface area contributed by atoms with Gasteiger partial charge in [-0.3, -0.25) is 4.79 Å². The Kier molecular flexibility index (Phi) is 2.47. The van der Waals surface area contributed by atoms with Crippen molar-refractivity contribution in [2.24, 2.45) is 0 Å². The van der Waals surface area contributed by atoms with Gasteiger partial charge in [-0.25, -0.2) is 4.98 Å². The van der Waals surface area contributed by atoms with Gasteiger partial charge >= 0.3 is 0 Å². The molecule has 0 aromatic carbocycles. The monoisotopic (exact) mass is 165 g/mol. The van der Waals surface area contributed by atoms with Gasteiger partial charge in [-0.15, -0.1) is 10.2 Å². The summed E-state index contributed by atoms with van der Waals surface area (Å²) in [6, 6.07) is 0. The Morgan fingerprint density at radius 3 is 2.50 bits per heavy atom. The molecule has 0 fully saturated rings. The molecule has 0 atom stereocenters. The van der Waals surface area contributed by atoms with Crippen LogP contribution in [0.1, 0.15) is 35.9 Å². The summed E-state index contributed by atoms with van der Waals surface area (Å²) in [5, 5.41) is 7.58. The lowest BCUT2D eigenvalue weighted by Crippen LogP contribution is -2.07. The van der Waals surface area contributed by atoms with E-state index in [0.717, 1.165) is 6.42 Å². The lowest BCUT2D eigenvalue weighted by molar-refractivity contribution is 0.101. The average molecular weight is 165 g/mol. The first kappa shape index (κ1) is 8.77. The van der Waals surface area contributed by atoms with E-state index in [1.165, 1.54) is 6.92 Å². The zero-order chi connectivity index (χ0) is 9.14. The minimum Gasteiger partial charge on any atom is -0.293 e. The maximum absolute atomic E-state index is 10.9. The zero-order valence-electron chi connectivity index (χ0n) is 7.46. The third kappa shape index (κ3) is 1.64. The van der Waals surface area contributed by atoms with E-state index in [0.29, 0.717) is 17.2 Å². The molecule has 0 aliphatic rings. The number of aryl methyl sites for hydroxylation is 2. The van der Waals surface area contributed by atoms with Crippen LogP contribution in [0.2, 0.25) is 0 Å². The summed E-state index contributed by atoms with van der Waals surface area (Å²) in [7, 11) is 0. The fraction of sp³-hybridized carbons (Fsp3) is 0.500. The maximum atomic E-state index is 10.9. The standard InChI is InChI=1S/C8H11N3O/c1-4-7-9-5(2)8(6(3)12)11-10-7/h4H2,1-3H3. The second kappa shape index (κ2) is 3.38. The summed E-state index contributed by atoms with van der Waals surface area (Å²) < 4.78 is 0. The minimum absolute atomic E-state index is 0.0878. The highest BCUT2D eigenvalue weighted by Gasteiger charge is 2.07. The van der Waals surface area contributed by atoms with Crippen molar-refractivity contribution in [2.75, 3.05) is 0 Å². The van der Waals surface area contributed by atoms with Gasteiger partial charge < -0.3 is 0 Å². The second-order valence-electron chi connectivity index (χ2n) is 2.57. The number of hydrogen-bond acceptors (Lipinski definition) is 4. The Labute approximate surface area is 71.0 Å². The highest BCUT2D eigenvalue weighted by molar-refractivity contribution is 5.92. The van der Waals surface area contributed by atoms with Crippen LogP contribution in [0.4, 0.5) is 0 Å². The Balaban J connectivity index is 3.12. The Hall–Kier alpha value is -1.32. The summed E-state index contributed by atoms with van der Waals surface area (Å²) in [6.45, 7) is 5.18. The number of carbonyl (C=O) groups is 1. The molecule has 1 rings (SSSR count). The van der Waals surface area contributed by atoms with E-state index in [2.05, 4.69) is 15.2 Å². The first-order valence-electron chi connectivity index (χ1n) is 3.86. The van der Waals surface area contributed by atoms with E-state index in [9.17, 15) is 4.79 Å². The smallest absolute Gasteiger partial charge is 0.181 e. The second-order valence-corrected chi connectivity index (χ2v) is 2.57. The van der Waals surface area contributed by atoms with Crippen LogP contribution < -0.4 is 0 Å². The number of rotatable bonds is 2. The predicted molar refractivity (Wildman–Crippen MR) is 43.9 cm³/mol. The van der Waals surface area contributed by atoms with Gasteiger partial charge in [0.1, 0.15) is 5.69 Å². The largest absolute Gasteiger partial charge is 0.293 e. The summed E-state index contributed by atoms with van der Waals surface area (Å²) >= 11 is 0. The van der Waals surface area contributed by atoms with Crippen LogP contribution in [0.15, 0.2) is 0 Å². The minimum atomic E-state index is -0.0878.